The highest BCUT2D eigenvalue weighted by atomic mass is 32.2. The predicted octanol–water partition coefficient (Wildman–Crippen LogP) is 3.67. The molecule has 0 radical (unpaired) electrons. The SMILES string of the molecule is Cc1oc(C)c(C(=O)C2(C)CCCS2)c1C. The average Bonchev–Trinajstić information content (AvgIpc) is 2.74. The molecule has 0 aromatic carbocycles. The quantitative estimate of drug-likeness (QED) is 0.736. The van der Waals surface area contributed by atoms with E-state index in [1.165, 1.54) is 0 Å². The summed E-state index contributed by atoms with van der Waals surface area (Å²) in [5, 5.41) is 0. The lowest BCUT2D eigenvalue weighted by Gasteiger charge is -2.20. The van der Waals surface area contributed by atoms with Crippen molar-refractivity contribution in [1.82, 2.24) is 0 Å². The molecule has 2 rings (SSSR count). The van der Waals surface area contributed by atoms with Crippen LogP contribution in [0.2, 0.25) is 0 Å². The normalized spacial score (nSPS) is 25.0. The molecule has 0 spiro atoms. The summed E-state index contributed by atoms with van der Waals surface area (Å²) in [5.41, 5.74) is 1.82. The van der Waals surface area contributed by atoms with Gasteiger partial charge >= 0.3 is 0 Å². The van der Waals surface area contributed by atoms with Crippen LogP contribution in [0.25, 0.3) is 0 Å². The predicted molar refractivity (Wildman–Crippen MR) is 67.3 cm³/mol. The van der Waals surface area contributed by atoms with Gasteiger partial charge in [0.25, 0.3) is 0 Å². The topological polar surface area (TPSA) is 30.2 Å². The third-order valence-corrected chi connectivity index (χ3v) is 5.01. The third-order valence-electron chi connectivity index (χ3n) is 3.49. The van der Waals surface area contributed by atoms with Crippen molar-refractivity contribution in [2.24, 2.45) is 0 Å². The number of ketones is 1. The van der Waals surface area contributed by atoms with Gasteiger partial charge in [0.2, 0.25) is 0 Å². The number of hydrogen-bond donors (Lipinski definition) is 0. The van der Waals surface area contributed by atoms with Crippen molar-refractivity contribution in [1.29, 1.82) is 0 Å². The molecular formula is C13H18O2S. The van der Waals surface area contributed by atoms with E-state index in [-0.39, 0.29) is 10.5 Å². The molecule has 88 valence electrons. The number of carbonyl (C=O) groups excluding carboxylic acids is 1. The number of Topliss-reactive ketones (excluding diaryl/α,β-unsaturated/α-hetero) is 1. The fourth-order valence-electron chi connectivity index (χ4n) is 2.35. The van der Waals surface area contributed by atoms with Gasteiger partial charge < -0.3 is 4.42 Å². The first kappa shape index (κ1) is 11.8. The first-order valence-corrected chi connectivity index (χ1v) is 6.69. The molecule has 2 heterocycles. The molecule has 0 saturated carbocycles. The maximum absolute atomic E-state index is 12.5. The number of thioether (sulfide) groups is 1. The molecule has 2 nitrogen and oxygen atoms in total. The van der Waals surface area contributed by atoms with E-state index in [0.29, 0.717) is 0 Å². The van der Waals surface area contributed by atoms with E-state index in [9.17, 15) is 4.79 Å². The van der Waals surface area contributed by atoms with Crippen LogP contribution in [0.1, 0.15) is 47.2 Å². The smallest absolute Gasteiger partial charge is 0.182 e. The summed E-state index contributed by atoms with van der Waals surface area (Å²) in [5.74, 6) is 2.99. The van der Waals surface area contributed by atoms with Crippen LogP contribution in [0.15, 0.2) is 4.42 Å². The fourth-order valence-corrected chi connectivity index (χ4v) is 3.61. The van der Waals surface area contributed by atoms with E-state index in [1.807, 2.05) is 20.8 Å². The van der Waals surface area contributed by atoms with Gasteiger partial charge in [-0.3, -0.25) is 4.79 Å². The van der Waals surface area contributed by atoms with E-state index in [1.54, 1.807) is 11.8 Å². The van der Waals surface area contributed by atoms with Gasteiger partial charge in [0.15, 0.2) is 5.78 Å². The Morgan fingerprint density at radius 1 is 1.31 bits per heavy atom. The summed E-state index contributed by atoms with van der Waals surface area (Å²) >= 11 is 1.78. The molecule has 0 aliphatic carbocycles. The Labute approximate surface area is 101 Å². The lowest BCUT2D eigenvalue weighted by atomic mass is 9.92. The minimum absolute atomic E-state index is 0.230. The van der Waals surface area contributed by atoms with Crippen LogP contribution >= 0.6 is 11.8 Å². The van der Waals surface area contributed by atoms with Crippen molar-refractivity contribution in [2.75, 3.05) is 5.75 Å². The Morgan fingerprint density at radius 2 is 2.00 bits per heavy atom. The Balaban J connectivity index is 2.41. The second-order valence-corrected chi connectivity index (χ2v) is 6.32. The summed E-state index contributed by atoms with van der Waals surface area (Å²) in [6, 6.07) is 0. The summed E-state index contributed by atoms with van der Waals surface area (Å²) < 4.78 is 5.31. The third kappa shape index (κ3) is 1.71. The van der Waals surface area contributed by atoms with E-state index in [0.717, 1.165) is 41.2 Å². The number of furan rings is 1. The fraction of sp³-hybridized carbons (Fsp3) is 0.615. The molecule has 3 heteroatoms. The number of aryl methyl sites for hydroxylation is 2. The first-order valence-electron chi connectivity index (χ1n) is 5.71. The van der Waals surface area contributed by atoms with Gasteiger partial charge in [-0.2, -0.15) is 0 Å². The molecule has 1 fully saturated rings. The summed E-state index contributed by atoms with van der Waals surface area (Å²) in [7, 11) is 0. The van der Waals surface area contributed by atoms with Crippen molar-refractivity contribution in [3.63, 3.8) is 0 Å². The van der Waals surface area contributed by atoms with Crippen LogP contribution in [0, 0.1) is 20.8 Å². The largest absolute Gasteiger partial charge is 0.466 e. The number of rotatable bonds is 2. The Morgan fingerprint density at radius 3 is 2.44 bits per heavy atom. The first-order chi connectivity index (χ1) is 7.46. The maximum Gasteiger partial charge on any atom is 0.182 e. The lowest BCUT2D eigenvalue weighted by Crippen LogP contribution is -2.29. The molecule has 1 atom stereocenters. The van der Waals surface area contributed by atoms with Crippen LogP contribution < -0.4 is 0 Å². The molecular weight excluding hydrogens is 220 g/mol. The van der Waals surface area contributed by atoms with E-state index < -0.39 is 0 Å². The number of carbonyl (C=O) groups is 1. The standard InChI is InChI=1S/C13H18O2S/c1-8-9(2)15-10(3)11(8)12(14)13(4)6-5-7-16-13/h5-7H2,1-4H3. The van der Waals surface area contributed by atoms with E-state index in [2.05, 4.69) is 6.92 Å². The van der Waals surface area contributed by atoms with Crippen molar-refractivity contribution in [3.05, 3.63) is 22.6 Å². The molecule has 0 amide bonds. The van der Waals surface area contributed by atoms with Crippen LogP contribution in [0.3, 0.4) is 0 Å². The summed E-state index contributed by atoms with van der Waals surface area (Å²) in [6.45, 7) is 7.84. The molecule has 16 heavy (non-hydrogen) atoms. The highest BCUT2D eigenvalue weighted by Crippen LogP contribution is 2.41. The molecule has 1 unspecified atom stereocenters. The Bertz CT molecular complexity index is 425. The Hall–Kier alpha value is -0.700. The highest BCUT2D eigenvalue weighted by Gasteiger charge is 2.39. The van der Waals surface area contributed by atoms with Gasteiger partial charge in [-0.15, -0.1) is 11.8 Å². The van der Waals surface area contributed by atoms with Gasteiger partial charge in [-0.1, -0.05) is 0 Å². The van der Waals surface area contributed by atoms with E-state index >= 15 is 0 Å². The minimum Gasteiger partial charge on any atom is -0.466 e. The van der Waals surface area contributed by atoms with Gasteiger partial charge in [-0.05, 0) is 46.3 Å². The molecule has 1 aliphatic heterocycles. The van der Waals surface area contributed by atoms with Gasteiger partial charge in [-0.25, -0.2) is 0 Å². The molecule has 1 aromatic heterocycles. The molecule has 1 aliphatic rings. The zero-order valence-corrected chi connectivity index (χ0v) is 11.2. The average molecular weight is 238 g/mol. The molecule has 0 N–H and O–H groups in total. The molecule has 1 aromatic rings. The molecule has 1 saturated heterocycles. The minimum atomic E-state index is -0.230. The van der Waals surface area contributed by atoms with Crippen LogP contribution in [0.4, 0.5) is 0 Å². The monoisotopic (exact) mass is 238 g/mol. The summed E-state index contributed by atoms with van der Waals surface area (Å²) in [6.07, 6.45) is 2.13. The van der Waals surface area contributed by atoms with E-state index in [4.69, 9.17) is 4.42 Å². The van der Waals surface area contributed by atoms with Crippen molar-refractivity contribution < 1.29 is 9.21 Å². The number of hydrogen-bond acceptors (Lipinski definition) is 3. The van der Waals surface area contributed by atoms with Crippen molar-refractivity contribution in [2.45, 2.75) is 45.3 Å². The van der Waals surface area contributed by atoms with Gasteiger partial charge in [0, 0.05) is 5.56 Å². The Kier molecular flexibility index (Phi) is 2.91. The second kappa shape index (κ2) is 3.95. The van der Waals surface area contributed by atoms with Gasteiger partial charge in [0.1, 0.15) is 11.5 Å². The van der Waals surface area contributed by atoms with Crippen molar-refractivity contribution >= 4 is 17.5 Å². The van der Waals surface area contributed by atoms with Crippen LogP contribution in [-0.2, 0) is 0 Å². The summed E-state index contributed by atoms with van der Waals surface area (Å²) in [4.78, 5) is 12.5. The zero-order valence-electron chi connectivity index (χ0n) is 10.3. The van der Waals surface area contributed by atoms with Crippen LogP contribution in [0.5, 0.6) is 0 Å². The second-order valence-electron chi connectivity index (χ2n) is 4.73. The molecule has 0 bridgehead atoms. The van der Waals surface area contributed by atoms with Crippen LogP contribution in [-0.4, -0.2) is 16.3 Å². The lowest BCUT2D eigenvalue weighted by molar-refractivity contribution is 0.0947. The highest BCUT2D eigenvalue weighted by molar-refractivity contribution is 8.01. The zero-order chi connectivity index (χ0) is 11.9. The van der Waals surface area contributed by atoms with Gasteiger partial charge in [0.05, 0.1) is 10.3 Å². The van der Waals surface area contributed by atoms with Crippen molar-refractivity contribution in [3.8, 4) is 0 Å². The maximum atomic E-state index is 12.5.